The number of anilines is 1. The highest BCUT2D eigenvalue weighted by Crippen LogP contribution is 2.27. The second kappa shape index (κ2) is 13.0. The first-order valence-electron chi connectivity index (χ1n) is 10.6. The van der Waals surface area contributed by atoms with Gasteiger partial charge in [-0.25, -0.2) is 0 Å². The molecule has 9 heteroatoms. The number of hydrazone groups is 1. The third kappa shape index (κ3) is 8.06. The molecule has 1 heterocycles. The van der Waals surface area contributed by atoms with Crippen LogP contribution in [0.2, 0.25) is 0 Å². The Hall–Kier alpha value is -3.69. The van der Waals surface area contributed by atoms with Gasteiger partial charge in [-0.1, -0.05) is 36.4 Å². The molecule has 0 aliphatic carbocycles. The van der Waals surface area contributed by atoms with E-state index in [9.17, 15) is 5.11 Å². The SMILES string of the molecule is COc1ccc(CCNCC(O)COc2ccc(N/N=C/c3ccccc3)nn2)cc1OC. The van der Waals surface area contributed by atoms with Crippen LogP contribution in [0.25, 0.3) is 0 Å². The molecule has 0 aliphatic rings. The highest BCUT2D eigenvalue weighted by atomic mass is 16.5. The van der Waals surface area contributed by atoms with E-state index in [1.807, 2.05) is 48.5 Å². The summed E-state index contributed by atoms with van der Waals surface area (Å²) in [6, 6.07) is 18.9. The molecular weight excluding hydrogens is 422 g/mol. The second-order valence-electron chi connectivity index (χ2n) is 7.15. The van der Waals surface area contributed by atoms with E-state index in [0.29, 0.717) is 36.3 Å². The van der Waals surface area contributed by atoms with Gasteiger partial charge in [-0.15, -0.1) is 10.2 Å². The molecule has 0 saturated heterocycles. The van der Waals surface area contributed by atoms with Crippen LogP contribution in [0.15, 0.2) is 65.8 Å². The van der Waals surface area contributed by atoms with Crippen molar-refractivity contribution >= 4 is 12.0 Å². The van der Waals surface area contributed by atoms with Crippen molar-refractivity contribution in [3.8, 4) is 17.4 Å². The molecule has 1 aromatic heterocycles. The highest BCUT2D eigenvalue weighted by molar-refractivity contribution is 5.79. The van der Waals surface area contributed by atoms with Crippen molar-refractivity contribution in [2.75, 3.05) is 39.3 Å². The van der Waals surface area contributed by atoms with Gasteiger partial charge in [0, 0.05) is 12.6 Å². The van der Waals surface area contributed by atoms with Crippen LogP contribution >= 0.6 is 0 Å². The number of nitrogens with one attached hydrogen (secondary N) is 2. The fourth-order valence-corrected chi connectivity index (χ4v) is 2.95. The normalized spacial score (nSPS) is 11.8. The zero-order chi connectivity index (χ0) is 23.3. The van der Waals surface area contributed by atoms with Gasteiger partial charge in [0.05, 0.1) is 20.4 Å². The van der Waals surface area contributed by atoms with E-state index in [0.717, 1.165) is 17.5 Å². The van der Waals surface area contributed by atoms with Crippen LogP contribution < -0.4 is 25.0 Å². The fraction of sp³-hybridized carbons (Fsp3) is 0.292. The first-order chi connectivity index (χ1) is 16.2. The molecule has 3 N–H and O–H groups in total. The predicted molar refractivity (Wildman–Crippen MR) is 127 cm³/mol. The smallest absolute Gasteiger partial charge is 0.233 e. The minimum Gasteiger partial charge on any atom is -0.493 e. The number of ether oxygens (including phenoxy) is 3. The third-order valence-electron chi connectivity index (χ3n) is 4.67. The molecule has 0 aliphatic heterocycles. The fourth-order valence-electron chi connectivity index (χ4n) is 2.95. The molecule has 0 saturated carbocycles. The van der Waals surface area contributed by atoms with E-state index < -0.39 is 6.10 Å². The summed E-state index contributed by atoms with van der Waals surface area (Å²) >= 11 is 0. The maximum Gasteiger partial charge on any atom is 0.233 e. The van der Waals surface area contributed by atoms with Crippen LogP contribution in [-0.4, -0.2) is 61.5 Å². The molecule has 0 spiro atoms. The van der Waals surface area contributed by atoms with Gasteiger partial charge >= 0.3 is 0 Å². The Morgan fingerprint density at radius 2 is 1.82 bits per heavy atom. The number of rotatable bonds is 13. The summed E-state index contributed by atoms with van der Waals surface area (Å²) in [5.74, 6) is 2.23. The number of hydrogen-bond donors (Lipinski definition) is 3. The lowest BCUT2D eigenvalue weighted by atomic mass is 10.1. The zero-order valence-corrected chi connectivity index (χ0v) is 18.8. The molecule has 1 atom stereocenters. The monoisotopic (exact) mass is 451 g/mol. The van der Waals surface area contributed by atoms with Crippen LogP contribution in [-0.2, 0) is 6.42 Å². The molecule has 3 rings (SSSR count). The number of methoxy groups -OCH3 is 2. The predicted octanol–water partition coefficient (Wildman–Crippen LogP) is 2.51. The average Bonchev–Trinajstić information content (AvgIpc) is 2.86. The van der Waals surface area contributed by atoms with Crippen LogP contribution in [0.1, 0.15) is 11.1 Å². The van der Waals surface area contributed by atoms with Crippen LogP contribution in [0.4, 0.5) is 5.82 Å². The van der Waals surface area contributed by atoms with Crippen molar-refractivity contribution in [3.63, 3.8) is 0 Å². The van der Waals surface area contributed by atoms with Gasteiger partial charge in [0.2, 0.25) is 5.88 Å². The second-order valence-corrected chi connectivity index (χ2v) is 7.15. The van der Waals surface area contributed by atoms with Crippen LogP contribution in [0.5, 0.6) is 17.4 Å². The molecular formula is C24H29N5O4. The molecule has 33 heavy (non-hydrogen) atoms. The Morgan fingerprint density at radius 1 is 1.00 bits per heavy atom. The lowest BCUT2D eigenvalue weighted by Gasteiger charge is -2.13. The van der Waals surface area contributed by atoms with Crippen LogP contribution in [0, 0.1) is 0 Å². The van der Waals surface area contributed by atoms with Gasteiger partial charge in [-0.3, -0.25) is 5.43 Å². The largest absolute Gasteiger partial charge is 0.493 e. The van der Waals surface area contributed by atoms with Crippen molar-refractivity contribution in [2.45, 2.75) is 12.5 Å². The van der Waals surface area contributed by atoms with Gasteiger partial charge in [-0.05, 0) is 42.3 Å². The van der Waals surface area contributed by atoms with E-state index in [1.54, 1.807) is 32.6 Å². The number of aliphatic hydroxyl groups excluding tert-OH is 1. The third-order valence-corrected chi connectivity index (χ3v) is 4.67. The lowest BCUT2D eigenvalue weighted by Crippen LogP contribution is -2.32. The summed E-state index contributed by atoms with van der Waals surface area (Å²) in [4.78, 5) is 0. The van der Waals surface area contributed by atoms with E-state index >= 15 is 0 Å². The zero-order valence-electron chi connectivity index (χ0n) is 18.8. The van der Waals surface area contributed by atoms with Crippen LogP contribution in [0.3, 0.4) is 0 Å². The molecule has 1 unspecified atom stereocenters. The summed E-state index contributed by atoms with van der Waals surface area (Å²) in [5, 5.41) is 25.5. The summed E-state index contributed by atoms with van der Waals surface area (Å²) < 4.78 is 16.1. The van der Waals surface area contributed by atoms with E-state index in [-0.39, 0.29) is 6.61 Å². The van der Waals surface area contributed by atoms with Crippen molar-refractivity contribution in [1.82, 2.24) is 15.5 Å². The quantitative estimate of drug-likeness (QED) is 0.207. The summed E-state index contributed by atoms with van der Waals surface area (Å²) in [5.41, 5.74) is 4.90. The maximum atomic E-state index is 10.1. The number of aromatic nitrogens is 2. The first-order valence-corrected chi connectivity index (χ1v) is 10.6. The van der Waals surface area contributed by atoms with Crippen molar-refractivity contribution in [2.24, 2.45) is 5.10 Å². The summed E-state index contributed by atoms with van der Waals surface area (Å²) in [7, 11) is 3.23. The van der Waals surface area contributed by atoms with Gasteiger partial charge in [-0.2, -0.15) is 5.10 Å². The minimum absolute atomic E-state index is 0.108. The molecule has 9 nitrogen and oxygen atoms in total. The summed E-state index contributed by atoms with van der Waals surface area (Å²) in [6.07, 6.45) is 1.81. The molecule has 0 bridgehead atoms. The van der Waals surface area contributed by atoms with E-state index in [4.69, 9.17) is 14.2 Å². The number of nitrogens with zero attached hydrogens (tertiary/aromatic N) is 3. The first kappa shape index (κ1) is 24.0. The van der Waals surface area contributed by atoms with E-state index in [2.05, 4.69) is 26.0 Å². The maximum absolute atomic E-state index is 10.1. The molecule has 174 valence electrons. The van der Waals surface area contributed by atoms with Crippen molar-refractivity contribution in [3.05, 3.63) is 71.8 Å². The Kier molecular flexibility index (Phi) is 9.44. The Labute approximate surface area is 193 Å². The lowest BCUT2D eigenvalue weighted by molar-refractivity contribution is 0.103. The Bertz CT molecular complexity index is 999. The van der Waals surface area contributed by atoms with E-state index in [1.165, 1.54) is 0 Å². The molecule has 0 amide bonds. The van der Waals surface area contributed by atoms with Crippen molar-refractivity contribution in [1.29, 1.82) is 0 Å². The van der Waals surface area contributed by atoms with Gasteiger partial charge < -0.3 is 24.6 Å². The average molecular weight is 452 g/mol. The molecule has 0 radical (unpaired) electrons. The molecule has 0 fully saturated rings. The molecule has 2 aromatic carbocycles. The summed E-state index contributed by atoms with van der Waals surface area (Å²) in [6.45, 7) is 1.21. The molecule has 3 aromatic rings. The number of hydrogen-bond acceptors (Lipinski definition) is 9. The standard InChI is InChI=1S/C24H29N5O4/c1-31-21-9-8-18(14-22(21)32-2)12-13-25-16-20(30)17-33-24-11-10-23(28-29-24)27-26-15-19-6-4-3-5-7-19/h3-11,14-15,20,25,30H,12-13,16-17H2,1-2H3,(H,27,28)/b26-15+. The Morgan fingerprint density at radius 3 is 2.55 bits per heavy atom. The number of aliphatic hydroxyl groups is 1. The number of benzene rings is 2. The van der Waals surface area contributed by atoms with Gasteiger partial charge in [0.15, 0.2) is 17.3 Å². The highest BCUT2D eigenvalue weighted by Gasteiger charge is 2.07. The van der Waals surface area contributed by atoms with Gasteiger partial charge in [0.25, 0.3) is 0 Å². The topological polar surface area (TPSA) is 110 Å². The van der Waals surface area contributed by atoms with Crippen molar-refractivity contribution < 1.29 is 19.3 Å². The minimum atomic E-state index is -0.675. The Balaban J connectivity index is 1.33. The van der Waals surface area contributed by atoms with Gasteiger partial charge in [0.1, 0.15) is 12.7 Å².